The predicted molar refractivity (Wildman–Crippen MR) is 114 cm³/mol. The van der Waals surface area contributed by atoms with Crippen LogP contribution in [0.4, 0.5) is 11.9 Å². The van der Waals surface area contributed by atoms with Crippen LogP contribution in [0.2, 0.25) is 0 Å². The van der Waals surface area contributed by atoms with E-state index in [9.17, 15) is 4.79 Å². The first kappa shape index (κ1) is 22.0. The van der Waals surface area contributed by atoms with Crippen LogP contribution in [-0.2, 0) is 11.3 Å². The van der Waals surface area contributed by atoms with Gasteiger partial charge in [-0.05, 0) is 31.5 Å². The van der Waals surface area contributed by atoms with Crippen LogP contribution in [0.15, 0.2) is 30.5 Å². The third kappa shape index (κ3) is 5.45. The number of anilines is 2. The number of hydrogen-bond donors (Lipinski definition) is 3. The van der Waals surface area contributed by atoms with Gasteiger partial charge in [0.05, 0.1) is 32.2 Å². The predicted octanol–water partition coefficient (Wildman–Crippen LogP) is 1.57. The van der Waals surface area contributed by atoms with Crippen LogP contribution in [0.25, 0.3) is 5.95 Å². The number of nitrogens with zero attached hydrogens (tertiary/aromatic N) is 5. The van der Waals surface area contributed by atoms with Gasteiger partial charge in [0, 0.05) is 13.1 Å². The fourth-order valence-electron chi connectivity index (χ4n) is 2.73. The molecule has 3 aromatic rings. The Morgan fingerprint density at radius 3 is 2.48 bits per heavy atom. The lowest BCUT2D eigenvalue weighted by atomic mass is 10.2. The smallest absolute Gasteiger partial charge is 0.341 e. The molecule has 0 saturated carbocycles. The van der Waals surface area contributed by atoms with Gasteiger partial charge < -0.3 is 25.2 Å². The lowest BCUT2D eigenvalue weighted by Gasteiger charge is -2.11. The molecule has 0 amide bonds. The summed E-state index contributed by atoms with van der Waals surface area (Å²) in [5.74, 6) is 1.11. The van der Waals surface area contributed by atoms with Crippen LogP contribution in [0.5, 0.6) is 5.75 Å². The minimum Gasteiger partial charge on any atom is -0.497 e. The quantitative estimate of drug-likeness (QED) is 0.409. The third-order valence-corrected chi connectivity index (χ3v) is 4.32. The molecule has 0 saturated heterocycles. The Balaban J connectivity index is 1.87. The Morgan fingerprint density at radius 2 is 1.84 bits per heavy atom. The lowest BCUT2D eigenvalue weighted by molar-refractivity contribution is 0.0525. The van der Waals surface area contributed by atoms with Crippen molar-refractivity contribution < 1.29 is 19.4 Å². The number of benzene rings is 1. The number of methoxy groups -OCH3 is 1. The van der Waals surface area contributed by atoms with Crippen molar-refractivity contribution in [1.29, 1.82) is 0 Å². The molecule has 0 aliphatic heterocycles. The lowest BCUT2D eigenvalue weighted by Crippen LogP contribution is -2.15. The van der Waals surface area contributed by atoms with Crippen molar-refractivity contribution in [2.45, 2.75) is 20.4 Å². The summed E-state index contributed by atoms with van der Waals surface area (Å²) in [7, 11) is 1.62. The van der Waals surface area contributed by atoms with E-state index in [1.165, 1.54) is 10.9 Å². The van der Waals surface area contributed by atoms with Gasteiger partial charge in [0.1, 0.15) is 11.3 Å². The Hall–Kier alpha value is -3.73. The number of nitrogens with one attached hydrogen (secondary N) is 2. The largest absolute Gasteiger partial charge is 0.497 e. The van der Waals surface area contributed by atoms with Crippen molar-refractivity contribution in [1.82, 2.24) is 24.7 Å². The number of aromatic nitrogens is 5. The van der Waals surface area contributed by atoms with Gasteiger partial charge >= 0.3 is 5.97 Å². The molecular weight excluding hydrogens is 402 g/mol. The molecule has 0 aliphatic rings. The maximum atomic E-state index is 12.1. The highest BCUT2D eigenvalue weighted by molar-refractivity contribution is 5.90. The fourth-order valence-corrected chi connectivity index (χ4v) is 2.73. The molecule has 11 heteroatoms. The van der Waals surface area contributed by atoms with E-state index in [1.54, 1.807) is 21.0 Å². The first-order valence-electron chi connectivity index (χ1n) is 9.75. The third-order valence-electron chi connectivity index (χ3n) is 4.32. The fraction of sp³-hybridized carbons (Fsp3) is 0.350. The minimum atomic E-state index is -0.461. The van der Waals surface area contributed by atoms with E-state index < -0.39 is 5.97 Å². The van der Waals surface area contributed by atoms with Gasteiger partial charge in [-0.1, -0.05) is 12.1 Å². The normalized spacial score (nSPS) is 10.6. The zero-order valence-corrected chi connectivity index (χ0v) is 17.6. The maximum absolute atomic E-state index is 12.1. The topological polar surface area (TPSA) is 136 Å². The SMILES string of the molecule is CCOC(=O)c1cnn(-c2nc(NCCO)nc(NCc3ccc(OC)cc3)n2)c1C. The van der Waals surface area contributed by atoms with E-state index in [1.807, 2.05) is 24.3 Å². The van der Waals surface area contributed by atoms with E-state index in [-0.39, 0.29) is 31.7 Å². The van der Waals surface area contributed by atoms with E-state index in [2.05, 4.69) is 30.7 Å². The Bertz CT molecular complexity index is 1020. The number of hydrogen-bond acceptors (Lipinski definition) is 10. The minimum absolute atomic E-state index is 0.0799. The summed E-state index contributed by atoms with van der Waals surface area (Å²) in [6, 6.07) is 7.60. The summed E-state index contributed by atoms with van der Waals surface area (Å²) in [4.78, 5) is 25.2. The van der Waals surface area contributed by atoms with E-state index >= 15 is 0 Å². The Labute approximate surface area is 179 Å². The van der Waals surface area contributed by atoms with Crippen molar-refractivity contribution in [3.8, 4) is 11.7 Å². The molecule has 0 fully saturated rings. The number of aliphatic hydroxyl groups excluding tert-OH is 1. The molecular formula is C20H25N7O4. The Morgan fingerprint density at radius 1 is 1.13 bits per heavy atom. The van der Waals surface area contributed by atoms with Gasteiger partial charge in [0.2, 0.25) is 11.9 Å². The molecule has 1 aromatic carbocycles. The molecule has 0 unspecified atom stereocenters. The molecule has 2 heterocycles. The van der Waals surface area contributed by atoms with Crippen molar-refractivity contribution in [2.24, 2.45) is 0 Å². The zero-order chi connectivity index (χ0) is 22.2. The molecule has 3 rings (SSSR count). The summed E-state index contributed by atoms with van der Waals surface area (Å²) in [5.41, 5.74) is 1.88. The molecule has 2 aromatic heterocycles. The Kier molecular flexibility index (Phi) is 7.33. The highest BCUT2D eigenvalue weighted by Crippen LogP contribution is 2.16. The maximum Gasteiger partial charge on any atom is 0.341 e. The second-order valence-corrected chi connectivity index (χ2v) is 6.41. The van der Waals surface area contributed by atoms with E-state index in [0.29, 0.717) is 23.8 Å². The van der Waals surface area contributed by atoms with Gasteiger partial charge in [-0.15, -0.1) is 0 Å². The molecule has 164 valence electrons. The number of esters is 1. The molecule has 0 spiro atoms. The average molecular weight is 427 g/mol. The number of rotatable bonds is 10. The monoisotopic (exact) mass is 427 g/mol. The van der Waals surface area contributed by atoms with Crippen molar-refractivity contribution in [2.75, 3.05) is 37.5 Å². The van der Waals surface area contributed by atoms with Gasteiger partial charge in [0.15, 0.2) is 0 Å². The number of carbonyl (C=O) groups is 1. The van der Waals surface area contributed by atoms with Crippen molar-refractivity contribution >= 4 is 17.9 Å². The van der Waals surface area contributed by atoms with E-state index in [0.717, 1.165) is 11.3 Å². The first-order valence-corrected chi connectivity index (χ1v) is 9.75. The molecule has 0 atom stereocenters. The van der Waals surface area contributed by atoms with Crippen LogP contribution in [0.1, 0.15) is 28.5 Å². The van der Waals surface area contributed by atoms with Crippen LogP contribution >= 0.6 is 0 Å². The van der Waals surface area contributed by atoms with Crippen LogP contribution in [0.3, 0.4) is 0 Å². The van der Waals surface area contributed by atoms with Gasteiger partial charge in [-0.25, -0.2) is 9.48 Å². The molecule has 31 heavy (non-hydrogen) atoms. The van der Waals surface area contributed by atoms with Gasteiger partial charge in [0.25, 0.3) is 5.95 Å². The van der Waals surface area contributed by atoms with Gasteiger partial charge in [-0.3, -0.25) is 0 Å². The summed E-state index contributed by atoms with van der Waals surface area (Å²) >= 11 is 0. The highest BCUT2D eigenvalue weighted by atomic mass is 16.5. The van der Waals surface area contributed by atoms with Crippen LogP contribution in [0, 0.1) is 6.92 Å². The standard InChI is InChI=1S/C20H25N7O4/c1-4-31-17(29)16-12-23-27(13(16)2)20-25-18(21-9-10-28)24-19(26-20)22-11-14-5-7-15(30-3)8-6-14/h5-8,12,28H,4,9-11H2,1-3H3,(H2,21,22,24,25,26). The van der Waals surface area contributed by atoms with Crippen LogP contribution < -0.4 is 15.4 Å². The summed E-state index contributed by atoms with van der Waals surface area (Å²) in [5, 5.41) is 19.4. The van der Waals surface area contributed by atoms with Crippen molar-refractivity contribution in [3.63, 3.8) is 0 Å². The molecule has 0 bridgehead atoms. The molecule has 11 nitrogen and oxygen atoms in total. The van der Waals surface area contributed by atoms with E-state index in [4.69, 9.17) is 14.6 Å². The molecule has 0 aliphatic carbocycles. The second kappa shape index (κ2) is 10.3. The zero-order valence-electron chi connectivity index (χ0n) is 17.6. The second-order valence-electron chi connectivity index (χ2n) is 6.41. The summed E-state index contributed by atoms with van der Waals surface area (Å²) < 4.78 is 11.7. The first-order chi connectivity index (χ1) is 15.0. The molecule has 3 N–H and O–H groups in total. The number of carbonyl (C=O) groups excluding carboxylic acids is 1. The molecule has 0 radical (unpaired) electrons. The van der Waals surface area contributed by atoms with Crippen LogP contribution in [-0.4, -0.2) is 62.7 Å². The summed E-state index contributed by atoms with van der Waals surface area (Å²) in [6.45, 7) is 4.40. The number of aliphatic hydroxyl groups is 1. The van der Waals surface area contributed by atoms with Crippen molar-refractivity contribution in [3.05, 3.63) is 47.3 Å². The highest BCUT2D eigenvalue weighted by Gasteiger charge is 2.18. The average Bonchev–Trinajstić information content (AvgIpc) is 3.18. The van der Waals surface area contributed by atoms with Gasteiger partial charge in [-0.2, -0.15) is 20.1 Å². The number of ether oxygens (including phenoxy) is 2. The summed E-state index contributed by atoms with van der Waals surface area (Å²) in [6.07, 6.45) is 1.42.